The summed E-state index contributed by atoms with van der Waals surface area (Å²) in [5, 5.41) is 9.25. The van der Waals surface area contributed by atoms with E-state index in [0.717, 1.165) is 12.0 Å². The molecule has 0 spiro atoms. The first-order valence-corrected chi connectivity index (χ1v) is 4.24. The zero-order valence-corrected chi connectivity index (χ0v) is 7.08. The van der Waals surface area contributed by atoms with Crippen molar-refractivity contribution in [3.05, 3.63) is 29.3 Å². The standard InChI is InChI=1S/C10H12O2/c1-2-10-9-5-8(11)4-3-7(9)6-12-10/h3-5,10-11H,2,6H2,1H3/t10-/m0/s1. The minimum absolute atomic E-state index is 0.187. The van der Waals surface area contributed by atoms with Gasteiger partial charge in [0.1, 0.15) is 5.75 Å². The van der Waals surface area contributed by atoms with Crippen molar-refractivity contribution in [2.24, 2.45) is 0 Å². The molecule has 2 heteroatoms. The molecule has 2 nitrogen and oxygen atoms in total. The van der Waals surface area contributed by atoms with Crippen LogP contribution in [0.1, 0.15) is 30.6 Å². The normalized spacial score (nSPS) is 20.9. The molecule has 0 unspecified atom stereocenters. The van der Waals surface area contributed by atoms with Gasteiger partial charge in [-0.15, -0.1) is 0 Å². The minimum Gasteiger partial charge on any atom is -0.508 e. The summed E-state index contributed by atoms with van der Waals surface area (Å²) in [4.78, 5) is 0. The summed E-state index contributed by atoms with van der Waals surface area (Å²) in [6.45, 7) is 2.78. The van der Waals surface area contributed by atoms with Crippen LogP contribution < -0.4 is 0 Å². The van der Waals surface area contributed by atoms with E-state index < -0.39 is 0 Å². The van der Waals surface area contributed by atoms with Gasteiger partial charge in [-0.2, -0.15) is 0 Å². The summed E-state index contributed by atoms with van der Waals surface area (Å²) in [6, 6.07) is 5.44. The van der Waals surface area contributed by atoms with Gasteiger partial charge in [0.05, 0.1) is 12.7 Å². The lowest BCUT2D eigenvalue weighted by Crippen LogP contribution is -1.92. The zero-order valence-electron chi connectivity index (χ0n) is 7.08. The molecule has 1 atom stereocenters. The molecule has 1 aromatic rings. The van der Waals surface area contributed by atoms with Gasteiger partial charge in [0, 0.05) is 0 Å². The van der Waals surface area contributed by atoms with E-state index in [4.69, 9.17) is 4.74 Å². The van der Waals surface area contributed by atoms with Crippen LogP contribution >= 0.6 is 0 Å². The predicted molar refractivity (Wildman–Crippen MR) is 45.9 cm³/mol. The molecule has 0 fully saturated rings. The predicted octanol–water partition coefficient (Wildman–Crippen LogP) is 2.37. The van der Waals surface area contributed by atoms with E-state index in [0.29, 0.717) is 12.4 Å². The molecule has 64 valence electrons. The maximum Gasteiger partial charge on any atom is 0.115 e. The highest BCUT2D eigenvalue weighted by molar-refractivity contribution is 5.37. The summed E-state index contributed by atoms with van der Waals surface area (Å²) in [7, 11) is 0. The van der Waals surface area contributed by atoms with E-state index in [1.54, 1.807) is 12.1 Å². The SMILES string of the molecule is CC[C@@H]1OCc2ccc(O)cc21. The third-order valence-corrected chi connectivity index (χ3v) is 2.29. The lowest BCUT2D eigenvalue weighted by Gasteiger charge is -2.06. The van der Waals surface area contributed by atoms with E-state index in [1.165, 1.54) is 5.56 Å². The van der Waals surface area contributed by atoms with Crippen LogP contribution in [0.4, 0.5) is 0 Å². The van der Waals surface area contributed by atoms with Crippen molar-refractivity contribution >= 4 is 0 Å². The van der Waals surface area contributed by atoms with Crippen molar-refractivity contribution in [1.82, 2.24) is 0 Å². The number of aromatic hydroxyl groups is 1. The average molecular weight is 164 g/mol. The monoisotopic (exact) mass is 164 g/mol. The van der Waals surface area contributed by atoms with Gasteiger partial charge in [0.25, 0.3) is 0 Å². The van der Waals surface area contributed by atoms with Gasteiger partial charge in [-0.05, 0) is 29.7 Å². The van der Waals surface area contributed by atoms with Crippen LogP contribution in [0.2, 0.25) is 0 Å². The minimum atomic E-state index is 0.187. The molecular formula is C10H12O2. The van der Waals surface area contributed by atoms with Crippen LogP contribution in [0.15, 0.2) is 18.2 Å². The lowest BCUT2D eigenvalue weighted by molar-refractivity contribution is 0.0636. The number of hydrogen-bond donors (Lipinski definition) is 1. The fourth-order valence-electron chi connectivity index (χ4n) is 1.63. The Kier molecular flexibility index (Phi) is 1.77. The van der Waals surface area contributed by atoms with Crippen molar-refractivity contribution < 1.29 is 9.84 Å². The van der Waals surface area contributed by atoms with E-state index in [-0.39, 0.29) is 6.10 Å². The van der Waals surface area contributed by atoms with E-state index in [1.807, 2.05) is 6.07 Å². The van der Waals surface area contributed by atoms with Crippen molar-refractivity contribution in [3.63, 3.8) is 0 Å². The number of hydrogen-bond acceptors (Lipinski definition) is 2. The number of ether oxygens (including phenoxy) is 1. The van der Waals surface area contributed by atoms with Crippen molar-refractivity contribution in [2.45, 2.75) is 26.1 Å². The Morgan fingerprint density at radius 1 is 1.58 bits per heavy atom. The Balaban J connectivity index is 2.42. The number of fused-ring (bicyclic) bond motifs is 1. The molecule has 1 aromatic carbocycles. The van der Waals surface area contributed by atoms with E-state index >= 15 is 0 Å². The third kappa shape index (κ3) is 1.08. The molecule has 1 N–H and O–H groups in total. The molecule has 0 saturated carbocycles. The van der Waals surface area contributed by atoms with E-state index in [2.05, 4.69) is 6.92 Å². The molecule has 0 aliphatic carbocycles. The van der Waals surface area contributed by atoms with Gasteiger partial charge in [-0.25, -0.2) is 0 Å². The fraction of sp³-hybridized carbons (Fsp3) is 0.400. The number of phenols is 1. The van der Waals surface area contributed by atoms with Crippen molar-refractivity contribution in [3.8, 4) is 5.75 Å². The molecule has 1 heterocycles. The van der Waals surface area contributed by atoms with Gasteiger partial charge in [-0.1, -0.05) is 13.0 Å². The highest BCUT2D eigenvalue weighted by atomic mass is 16.5. The summed E-state index contributed by atoms with van der Waals surface area (Å²) in [5.41, 5.74) is 2.36. The van der Waals surface area contributed by atoms with Crippen LogP contribution in [0.25, 0.3) is 0 Å². The van der Waals surface area contributed by atoms with E-state index in [9.17, 15) is 5.11 Å². The van der Waals surface area contributed by atoms with Gasteiger partial charge < -0.3 is 9.84 Å². The second kappa shape index (κ2) is 2.79. The van der Waals surface area contributed by atoms with Crippen LogP contribution in [-0.4, -0.2) is 5.11 Å². The third-order valence-electron chi connectivity index (χ3n) is 2.29. The molecular weight excluding hydrogens is 152 g/mol. The second-order valence-electron chi connectivity index (χ2n) is 3.09. The molecule has 12 heavy (non-hydrogen) atoms. The number of benzene rings is 1. The highest BCUT2D eigenvalue weighted by Crippen LogP contribution is 2.34. The van der Waals surface area contributed by atoms with Gasteiger partial charge in [-0.3, -0.25) is 0 Å². The van der Waals surface area contributed by atoms with Crippen LogP contribution in [0.5, 0.6) is 5.75 Å². The molecule has 0 bridgehead atoms. The topological polar surface area (TPSA) is 29.5 Å². The number of rotatable bonds is 1. The maximum atomic E-state index is 9.25. The first kappa shape index (κ1) is 7.62. The fourth-order valence-corrected chi connectivity index (χ4v) is 1.63. The summed E-state index contributed by atoms with van der Waals surface area (Å²) >= 11 is 0. The molecule has 1 aliphatic rings. The van der Waals surface area contributed by atoms with Crippen molar-refractivity contribution in [2.75, 3.05) is 0 Å². The largest absolute Gasteiger partial charge is 0.508 e. The lowest BCUT2D eigenvalue weighted by atomic mass is 10.0. The second-order valence-corrected chi connectivity index (χ2v) is 3.09. The highest BCUT2D eigenvalue weighted by Gasteiger charge is 2.21. The maximum absolute atomic E-state index is 9.25. The van der Waals surface area contributed by atoms with Crippen molar-refractivity contribution in [1.29, 1.82) is 0 Å². The Hall–Kier alpha value is -1.02. The Morgan fingerprint density at radius 2 is 2.42 bits per heavy atom. The molecule has 0 aromatic heterocycles. The molecule has 1 aliphatic heterocycles. The van der Waals surface area contributed by atoms with Gasteiger partial charge >= 0.3 is 0 Å². The Bertz CT molecular complexity index is 294. The average Bonchev–Trinajstić information content (AvgIpc) is 2.46. The van der Waals surface area contributed by atoms with Gasteiger partial charge in [0.2, 0.25) is 0 Å². The molecule has 2 rings (SSSR count). The van der Waals surface area contributed by atoms with Crippen LogP contribution in [0, 0.1) is 0 Å². The molecule has 0 radical (unpaired) electrons. The smallest absolute Gasteiger partial charge is 0.115 e. The summed E-state index contributed by atoms with van der Waals surface area (Å²) in [6.07, 6.45) is 1.16. The van der Waals surface area contributed by atoms with Crippen LogP contribution in [0.3, 0.4) is 0 Å². The first-order valence-electron chi connectivity index (χ1n) is 4.24. The zero-order chi connectivity index (χ0) is 8.55. The van der Waals surface area contributed by atoms with Gasteiger partial charge in [0.15, 0.2) is 0 Å². The first-order chi connectivity index (χ1) is 5.81. The van der Waals surface area contributed by atoms with Crippen LogP contribution in [-0.2, 0) is 11.3 Å². The Labute approximate surface area is 71.8 Å². The number of phenolic OH excluding ortho intramolecular Hbond substituents is 1. The molecule has 0 amide bonds. The Morgan fingerprint density at radius 3 is 3.17 bits per heavy atom. The summed E-state index contributed by atoms with van der Waals surface area (Å²) in [5.74, 6) is 0.331. The summed E-state index contributed by atoms with van der Waals surface area (Å²) < 4.78 is 5.52. The molecule has 0 saturated heterocycles. The quantitative estimate of drug-likeness (QED) is 0.690.